The first-order valence-electron chi connectivity index (χ1n) is 10.7. The molecule has 0 rings (SSSR count). The number of halogens is 12. The summed E-state index contributed by atoms with van der Waals surface area (Å²) in [5.74, 6) is -17.5. The number of carbonyl (C=O) groups is 4. The predicted octanol–water partition coefficient (Wildman–Crippen LogP) is 1.30. The molecule has 0 aromatic heterocycles. The van der Waals surface area contributed by atoms with E-state index in [0.717, 1.165) is 27.7 Å². The fraction of sp³-hybridized carbons (Fsp3) is 0.800. The van der Waals surface area contributed by atoms with Crippen molar-refractivity contribution in [3.63, 3.8) is 0 Å². The van der Waals surface area contributed by atoms with Crippen LogP contribution in [-0.2, 0) is 45.4 Å². The molecule has 0 aromatic rings. The molecule has 41 heavy (non-hydrogen) atoms. The van der Waals surface area contributed by atoms with E-state index < -0.39 is 97.9 Å². The molecular formula is C20H24F12O8Zr. The standard InChI is InChI=1S/4C5H7F3O2.Zr/c4*1-2-3(4(9)10)5(6,7)8;/h4*3H,2H2,1H3,(H,9,10);/q;;;;+4/p-4. The number of rotatable bonds is 8. The van der Waals surface area contributed by atoms with Gasteiger partial charge in [0, 0.05) is 0 Å². The Morgan fingerprint density at radius 3 is 0.512 bits per heavy atom. The smallest absolute Gasteiger partial charge is 0.550 e. The topological polar surface area (TPSA) is 161 Å². The van der Waals surface area contributed by atoms with Gasteiger partial charge in [0.2, 0.25) is 0 Å². The summed E-state index contributed by atoms with van der Waals surface area (Å²) in [5, 5.41) is 39.0. The van der Waals surface area contributed by atoms with Crippen molar-refractivity contribution in [3.05, 3.63) is 0 Å². The zero-order chi connectivity index (χ0) is 33.4. The Hall–Kier alpha value is -2.08. The molecule has 0 fully saturated rings. The Balaban J connectivity index is -0.000000139. The van der Waals surface area contributed by atoms with Crippen molar-refractivity contribution in [2.45, 2.75) is 78.1 Å². The van der Waals surface area contributed by atoms with Gasteiger partial charge in [-0.05, 0) is 25.7 Å². The van der Waals surface area contributed by atoms with Crippen LogP contribution >= 0.6 is 0 Å². The third-order valence-electron chi connectivity index (χ3n) is 4.35. The molecule has 4 atom stereocenters. The minimum Gasteiger partial charge on any atom is -0.550 e. The number of hydrogen-bond donors (Lipinski definition) is 0. The Labute approximate surface area is 244 Å². The van der Waals surface area contributed by atoms with Gasteiger partial charge in [-0.2, -0.15) is 52.7 Å². The van der Waals surface area contributed by atoms with Crippen LogP contribution in [0.25, 0.3) is 0 Å². The third kappa shape index (κ3) is 23.2. The van der Waals surface area contributed by atoms with E-state index in [2.05, 4.69) is 0 Å². The van der Waals surface area contributed by atoms with Crippen molar-refractivity contribution in [1.82, 2.24) is 0 Å². The summed E-state index contributed by atoms with van der Waals surface area (Å²) in [5.41, 5.74) is 0. The average molecular weight is 712 g/mol. The van der Waals surface area contributed by atoms with E-state index in [1.54, 1.807) is 0 Å². The Morgan fingerprint density at radius 2 is 0.512 bits per heavy atom. The molecule has 0 heterocycles. The van der Waals surface area contributed by atoms with E-state index >= 15 is 0 Å². The van der Waals surface area contributed by atoms with Crippen molar-refractivity contribution in [2.24, 2.45) is 23.7 Å². The second-order valence-electron chi connectivity index (χ2n) is 7.29. The SMILES string of the molecule is CCC(C(=O)[O-])C(F)(F)F.CCC(C(=O)[O-])C(F)(F)F.CCC(C(=O)[O-])C(F)(F)F.CCC(C(=O)[O-])C(F)(F)F.[Zr+4]. The van der Waals surface area contributed by atoms with Crippen LogP contribution in [0.4, 0.5) is 52.7 Å². The first-order chi connectivity index (χ1) is 17.6. The van der Waals surface area contributed by atoms with E-state index in [9.17, 15) is 92.3 Å². The molecule has 4 unspecified atom stereocenters. The monoisotopic (exact) mass is 710 g/mol. The Bertz CT molecular complexity index is 652. The summed E-state index contributed by atoms with van der Waals surface area (Å²) in [7, 11) is 0. The van der Waals surface area contributed by atoms with E-state index in [1.807, 2.05) is 0 Å². The number of hydrogen-bond acceptors (Lipinski definition) is 8. The number of carboxylic acids is 4. The second kappa shape index (κ2) is 20.7. The molecule has 0 saturated carbocycles. The molecule has 0 spiro atoms. The molecule has 0 aromatic carbocycles. The van der Waals surface area contributed by atoms with E-state index in [0.29, 0.717) is 0 Å². The summed E-state index contributed by atoms with van der Waals surface area (Å²) < 4.78 is 139. The Morgan fingerprint density at radius 1 is 0.415 bits per heavy atom. The normalized spacial score (nSPS) is 14.4. The molecule has 8 nitrogen and oxygen atoms in total. The van der Waals surface area contributed by atoms with Gasteiger partial charge in [0.15, 0.2) is 0 Å². The van der Waals surface area contributed by atoms with Crippen LogP contribution in [0.1, 0.15) is 53.4 Å². The van der Waals surface area contributed by atoms with Gasteiger partial charge in [-0.25, -0.2) is 0 Å². The summed E-state index contributed by atoms with van der Waals surface area (Å²) in [6.07, 6.45) is -20.6. The van der Waals surface area contributed by atoms with Crippen molar-refractivity contribution in [3.8, 4) is 0 Å². The van der Waals surface area contributed by atoms with Crippen LogP contribution in [0.3, 0.4) is 0 Å². The van der Waals surface area contributed by atoms with Crippen LogP contribution in [0.15, 0.2) is 0 Å². The Kier molecular flexibility index (Phi) is 24.6. The first-order valence-corrected chi connectivity index (χ1v) is 10.7. The molecule has 0 aliphatic carbocycles. The zero-order valence-electron chi connectivity index (χ0n) is 21.4. The van der Waals surface area contributed by atoms with Gasteiger partial charge < -0.3 is 39.6 Å². The fourth-order valence-corrected chi connectivity index (χ4v) is 2.13. The van der Waals surface area contributed by atoms with Crippen LogP contribution in [-0.4, -0.2) is 48.6 Å². The van der Waals surface area contributed by atoms with Crippen LogP contribution in [0, 0.1) is 23.7 Å². The molecule has 0 saturated heterocycles. The molecule has 0 bridgehead atoms. The van der Waals surface area contributed by atoms with Gasteiger partial charge >= 0.3 is 50.9 Å². The van der Waals surface area contributed by atoms with Crippen LogP contribution in [0.5, 0.6) is 0 Å². The molecule has 0 aliphatic rings. The quantitative estimate of drug-likeness (QED) is 0.341. The number of carbonyl (C=O) groups excluding carboxylic acids is 4. The van der Waals surface area contributed by atoms with Crippen molar-refractivity contribution >= 4 is 23.9 Å². The molecular weight excluding hydrogens is 687 g/mol. The molecule has 0 radical (unpaired) electrons. The van der Waals surface area contributed by atoms with Gasteiger partial charge in [-0.3, -0.25) is 0 Å². The average Bonchev–Trinajstić information content (AvgIpc) is 2.65. The number of aliphatic carboxylic acids is 4. The minimum absolute atomic E-state index is 0. The van der Waals surface area contributed by atoms with E-state index in [4.69, 9.17) is 0 Å². The van der Waals surface area contributed by atoms with Gasteiger partial charge in [-0.15, -0.1) is 0 Å². The van der Waals surface area contributed by atoms with Crippen LogP contribution in [0.2, 0.25) is 0 Å². The first kappa shape index (κ1) is 48.6. The summed E-state index contributed by atoms with van der Waals surface area (Å²) >= 11 is 0. The second-order valence-corrected chi connectivity index (χ2v) is 7.29. The number of alkyl halides is 12. The molecule has 21 heteroatoms. The summed E-state index contributed by atoms with van der Waals surface area (Å²) in [6.45, 7) is 4.59. The van der Waals surface area contributed by atoms with Gasteiger partial charge in [0.25, 0.3) is 0 Å². The van der Waals surface area contributed by atoms with Crippen LogP contribution < -0.4 is 20.4 Å². The fourth-order valence-electron chi connectivity index (χ4n) is 2.13. The van der Waals surface area contributed by atoms with Gasteiger partial charge in [0.05, 0.1) is 47.5 Å². The predicted molar refractivity (Wildman–Crippen MR) is 99.4 cm³/mol. The molecule has 240 valence electrons. The summed E-state index contributed by atoms with van der Waals surface area (Å²) in [4.78, 5) is 39.0. The molecule has 0 N–H and O–H groups in total. The zero-order valence-corrected chi connectivity index (χ0v) is 23.9. The molecule has 0 amide bonds. The van der Waals surface area contributed by atoms with Crippen molar-refractivity contribution < 1.29 is 118 Å². The summed E-state index contributed by atoms with van der Waals surface area (Å²) in [6, 6.07) is 0. The molecule has 0 aliphatic heterocycles. The van der Waals surface area contributed by atoms with E-state index in [-0.39, 0.29) is 26.2 Å². The maximum Gasteiger partial charge on any atom is 4.00 e. The third-order valence-corrected chi connectivity index (χ3v) is 4.35. The number of carboxylic acid groups (broad SMARTS) is 4. The van der Waals surface area contributed by atoms with Crippen molar-refractivity contribution in [2.75, 3.05) is 0 Å². The van der Waals surface area contributed by atoms with Crippen molar-refractivity contribution in [1.29, 1.82) is 0 Å². The maximum atomic E-state index is 11.6. The largest absolute Gasteiger partial charge is 4.00 e. The maximum absolute atomic E-state index is 11.6. The van der Waals surface area contributed by atoms with Gasteiger partial charge in [0.1, 0.15) is 0 Å². The minimum atomic E-state index is -4.67. The van der Waals surface area contributed by atoms with Gasteiger partial charge in [-0.1, -0.05) is 27.7 Å². The van der Waals surface area contributed by atoms with E-state index in [1.165, 1.54) is 0 Å².